The third-order valence-corrected chi connectivity index (χ3v) is 2.32. The monoisotopic (exact) mass is 258 g/mol. The molecule has 1 aromatic carbocycles. The van der Waals surface area contributed by atoms with Crippen LogP contribution in [-0.4, -0.2) is 17.3 Å². The molecule has 98 valence electrons. The summed E-state index contributed by atoms with van der Waals surface area (Å²) in [5.74, 6) is 0. The van der Waals surface area contributed by atoms with E-state index in [1.807, 2.05) is 0 Å². The van der Waals surface area contributed by atoms with Crippen molar-refractivity contribution in [1.82, 2.24) is 0 Å². The van der Waals surface area contributed by atoms with Crippen molar-refractivity contribution in [3.63, 3.8) is 0 Å². The zero-order chi connectivity index (χ0) is 14.0. The fraction of sp³-hybridized carbons (Fsp3) is 0.417. The fourth-order valence-electron chi connectivity index (χ4n) is 1.38. The molecule has 0 saturated heterocycles. The number of halogens is 3. The van der Waals surface area contributed by atoms with Gasteiger partial charge in [0.25, 0.3) is 0 Å². The van der Waals surface area contributed by atoms with Crippen LogP contribution < -0.4 is 5.32 Å². The Balaban J connectivity index is 3.17. The second kappa shape index (κ2) is 4.86. The standard InChI is InChI=1S/C12H13F3N2O/c1-11(2,7-18)17-9-4-3-8(6-16)10(5-9)12(13,14)15/h3-5,17-18H,7H2,1-2H3. The fourth-order valence-corrected chi connectivity index (χ4v) is 1.38. The molecule has 0 aliphatic rings. The van der Waals surface area contributed by atoms with Gasteiger partial charge in [-0.15, -0.1) is 0 Å². The van der Waals surface area contributed by atoms with Crippen LogP contribution in [0.3, 0.4) is 0 Å². The number of nitrogens with zero attached hydrogens (tertiary/aromatic N) is 1. The molecule has 0 spiro atoms. The van der Waals surface area contributed by atoms with Crippen molar-refractivity contribution >= 4 is 5.69 Å². The van der Waals surface area contributed by atoms with Crippen molar-refractivity contribution in [3.8, 4) is 6.07 Å². The van der Waals surface area contributed by atoms with E-state index in [4.69, 9.17) is 10.4 Å². The number of benzene rings is 1. The summed E-state index contributed by atoms with van der Waals surface area (Å²) in [7, 11) is 0. The summed E-state index contributed by atoms with van der Waals surface area (Å²) in [6, 6.07) is 4.87. The lowest BCUT2D eigenvalue weighted by atomic mass is 10.0. The SMILES string of the molecule is CC(C)(CO)Nc1ccc(C#N)c(C(F)(F)F)c1. The molecule has 0 bridgehead atoms. The molecule has 0 amide bonds. The summed E-state index contributed by atoms with van der Waals surface area (Å²) >= 11 is 0. The van der Waals surface area contributed by atoms with E-state index >= 15 is 0 Å². The van der Waals surface area contributed by atoms with Gasteiger partial charge in [-0.1, -0.05) is 0 Å². The quantitative estimate of drug-likeness (QED) is 0.876. The van der Waals surface area contributed by atoms with E-state index in [0.717, 1.165) is 12.1 Å². The van der Waals surface area contributed by atoms with Crippen molar-refractivity contribution in [3.05, 3.63) is 29.3 Å². The van der Waals surface area contributed by atoms with Gasteiger partial charge < -0.3 is 10.4 Å². The van der Waals surface area contributed by atoms with Gasteiger partial charge in [-0.3, -0.25) is 0 Å². The number of hydrogen-bond acceptors (Lipinski definition) is 3. The van der Waals surface area contributed by atoms with E-state index in [2.05, 4.69) is 5.32 Å². The molecule has 3 nitrogen and oxygen atoms in total. The molecular weight excluding hydrogens is 245 g/mol. The molecule has 0 heterocycles. The van der Waals surface area contributed by atoms with E-state index in [0.29, 0.717) is 0 Å². The minimum atomic E-state index is -4.58. The van der Waals surface area contributed by atoms with E-state index in [9.17, 15) is 13.2 Å². The normalized spacial score (nSPS) is 12.1. The van der Waals surface area contributed by atoms with Gasteiger partial charge >= 0.3 is 6.18 Å². The Bertz CT molecular complexity index is 475. The van der Waals surface area contributed by atoms with Gasteiger partial charge in [-0.2, -0.15) is 18.4 Å². The van der Waals surface area contributed by atoms with Crippen LogP contribution in [0.25, 0.3) is 0 Å². The molecule has 0 saturated carbocycles. The Labute approximate surface area is 103 Å². The smallest absolute Gasteiger partial charge is 0.394 e. The molecule has 0 atom stereocenters. The van der Waals surface area contributed by atoms with Crippen molar-refractivity contribution in [1.29, 1.82) is 5.26 Å². The van der Waals surface area contributed by atoms with Crippen LogP contribution in [0.1, 0.15) is 25.0 Å². The molecule has 0 aliphatic heterocycles. The molecule has 18 heavy (non-hydrogen) atoms. The lowest BCUT2D eigenvalue weighted by molar-refractivity contribution is -0.137. The maximum absolute atomic E-state index is 12.7. The highest BCUT2D eigenvalue weighted by Gasteiger charge is 2.34. The zero-order valence-corrected chi connectivity index (χ0v) is 9.97. The summed E-state index contributed by atoms with van der Waals surface area (Å²) in [4.78, 5) is 0. The number of aliphatic hydroxyl groups is 1. The first-order valence-corrected chi connectivity index (χ1v) is 5.20. The summed E-state index contributed by atoms with van der Waals surface area (Å²) in [5, 5.41) is 20.5. The minimum absolute atomic E-state index is 0.209. The van der Waals surface area contributed by atoms with Gasteiger partial charge in [0.15, 0.2) is 0 Å². The molecule has 0 radical (unpaired) electrons. The maximum Gasteiger partial charge on any atom is 0.417 e. The van der Waals surface area contributed by atoms with Crippen LogP contribution in [0.15, 0.2) is 18.2 Å². The number of aliphatic hydroxyl groups excluding tert-OH is 1. The highest BCUT2D eigenvalue weighted by molar-refractivity contribution is 5.54. The lowest BCUT2D eigenvalue weighted by Crippen LogP contribution is -2.35. The number of alkyl halides is 3. The van der Waals surface area contributed by atoms with Gasteiger partial charge in [0.1, 0.15) is 0 Å². The van der Waals surface area contributed by atoms with Crippen LogP contribution >= 0.6 is 0 Å². The Morgan fingerprint density at radius 2 is 1.94 bits per heavy atom. The summed E-state index contributed by atoms with van der Waals surface area (Å²) in [5.41, 5.74) is -1.93. The van der Waals surface area contributed by atoms with Crippen LogP contribution in [0, 0.1) is 11.3 Å². The lowest BCUT2D eigenvalue weighted by Gasteiger charge is -2.25. The van der Waals surface area contributed by atoms with Gasteiger partial charge in [0, 0.05) is 5.69 Å². The molecule has 6 heteroatoms. The van der Waals surface area contributed by atoms with Crippen LogP contribution in [0.5, 0.6) is 0 Å². The molecule has 2 N–H and O–H groups in total. The Morgan fingerprint density at radius 3 is 2.39 bits per heavy atom. The molecule has 1 rings (SSSR count). The van der Waals surface area contributed by atoms with Crippen molar-refractivity contribution < 1.29 is 18.3 Å². The summed E-state index contributed by atoms with van der Waals surface area (Å²) < 4.78 is 38.1. The predicted molar refractivity (Wildman–Crippen MR) is 60.9 cm³/mol. The Morgan fingerprint density at radius 1 is 1.33 bits per heavy atom. The van der Waals surface area contributed by atoms with Gasteiger partial charge in [-0.25, -0.2) is 0 Å². The highest BCUT2D eigenvalue weighted by Crippen LogP contribution is 2.34. The highest BCUT2D eigenvalue weighted by atomic mass is 19.4. The number of rotatable bonds is 3. The maximum atomic E-state index is 12.7. The van der Waals surface area contributed by atoms with E-state index < -0.39 is 22.8 Å². The second-order valence-electron chi connectivity index (χ2n) is 4.54. The first-order valence-electron chi connectivity index (χ1n) is 5.20. The largest absolute Gasteiger partial charge is 0.417 e. The topological polar surface area (TPSA) is 56.0 Å². The summed E-state index contributed by atoms with van der Waals surface area (Å²) in [6.45, 7) is 3.07. The molecule has 0 fully saturated rings. The van der Waals surface area contributed by atoms with Crippen molar-refractivity contribution in [2.75, 3.05) is 11.9 Å². The van der Waals surface area contributed by atoms with Gasteiger partial charge in [-0.05, 0) is 32.0 Å². The first kappa shape index (κ1) is 14.3. The molecule has 0 aromatic heterocycles. The molecular formula is C12H13F3N2O. The molecule has 1 aromatic rings. The number of nitriles is 1. The van der Waals surface area contributed by atoms with Crippen molar-refractivity contribution in [2.24, 2.45) is 0 Å². The first-order chi connectivity index (χ1) is 8.19. The van der Waals surface area contributed by atoms with E-state index in [1.54, 1.807) is 13.8 Å². The molecule has 0 unspecified atom stereocenters. The number of anilines is 1. The number of nitrogens with one attached hydrogen (secondary N) is 1. The third-order valence-electron chi connectivity index (χ3n) is 2.32. The molecule has 0 aliphatic carbocycles. The van der Waals surface area contributed by atoms with E-state index in [1.165, 1.54) is 12.1 Å². The van der Waals surface area contributed by atoms with Crippen LogP contribution in [0.2, 0.25) is 0 Å². The zero-order valence-electron chi connectivity index (χ0n) is 9.97. The minimum Gasteiger partial charge on any atom is -0.394 e. The van der Waals surface area contributed by atoms with Crippen LogP contribution in [-0.2, 0) is 6.18 Å². The Kier molecular flexibility index (Phi) is 3.87. The Hall–Kier alpha value is -1.74. The van der Waals surface area contributed by atoms with Crippen molar-refractivity contribution in [2.45, 2.75) is 25.6 Å². The average Bonchev–Trinajstić information content (AvgIpc) is 2.27. The summed E-state index contributed by atoms with van der Waals surface area (Å²) in [6.07, 6.45) is -4.58. The predicted octanol–water partition coefficient (Wildman–Crippen LogP) is 2.76. The number of hydrogen-bond donors (Lipinski definition) is 2. The van der Waals surface area contributed by atoms with Crippen LogP contribution in [0.4, 0.5) is 18.9 Å². The third kappa shape index (κ3) is 3.37. The van der Waals surface area contributed by atoms with Gasteiger partial charge in [0.05, 0.1) is 29.3 Å². The average molecular weight is 258 g/mol. The van der Waals surface area contributed by atoms with E-state index in [-0.39, 0.29) is 12.3 Å². The second-order valence-corrected chi connectivity index (χ2v) is 4.54. The van der Waals surface area contributed by atoms with Gasteiger partial charge in [0.2, 0.25) is 0 Å².